The van der Waals surface area contributed by atoms with Crippen LogP contribution in [0.4, 0.5) is 0 Å². The molecule has 0 bridgehead atoms. The summed E-state index contributed by atoms with van der Waals surface area (Å²) in [6.45, 7) is 3.86. The third-order valence-electron chi connectivity index (χ3n) is 9.51. The van der Waals surface area contributed by atoms with E-state index in [9.17, 15) is 19.0 Å². The van der Waals surface area contributed by atoms with Gasteiger partial charge in [0.25, 0.3) is 0 Å². The summed E-state index contributed by atoms with van der Waals surface area (Å²) in [5.41, 5.74) is 0. The van der Waals surface area contributed by atoms with Crippen LogP contribution in [0.15, 0.2) is 12.2 Å². The lowest BCUT2D eigenvalue weighted by molar-refractivity contribution is -0.161. The van der Waals surface area contributed by atoms with Crippen molar-refractivity contribution in [1.29, 1.82) is 0 Å². The van der Waals surface area contributed by atoms with Crippen molar-refractivity contribution in [3.63, 3.8) is 0 Å². The summed E-state index contributed by atoms with van der Waals surface area (Å²) in [4.78, 5) is 34.4. The summed E-state index contributed by atoms with van der Waals surface area (Å²) in [5, 5.41) is 0. The van der Waals surface area contributed by atoms with Crippen molar-refractivity contribution in [2.45, 2.75) is 225 Å². The van der Waals surface area contributed by atoms with Gasteiger partial charge in [-0.25, -0.2) is 4.57 Å². The van der Waals surface area contributed by atoms with Crippen molar-refractivity contribution in [2.24, 2.45) is 0 Å². The van der Waals surface area contributed by atoms with Crippen LogP contribution in [0.3, 0.4) is 0 Å². The molecule has 0 saturated carbocycles. The predicted octanol–water partition coefficient (Wildman–Crippen LogP) is 13.3. The number of carbonyl (C=O) groups is 2. The number of allylic oxidation sites excluding steroid dienone is 2. The standard InChI is InChI=1S/C42H81O8P/c1-4-6-8-10-12-14-16-17-18-19-20-21-22-23-24-25-27-28-30-32-34-36-41(43)48-38-40(39-49-51(45,46)47-3)50-42(44)37-35-33-31-29-26-15-13-11-9-7-5-2/h11,13,40H,4-10,12,14-39H2,1-3H3,(H,45,46)/b13-11-. The predicted molar refractivity (Wildman–Crippen MR) is 212 cm³/mol. The van der Waals surface area contributed by atoms with Gasteiger partial charge in [-0.1, -0.05) is 187 Å². The van der Waals surface area contributed by atoms with E-state index in [1.165, 1.54) is 128 Å². The van der Waals surface area contributed by atoms with Crippen molar-refractivity contribution in [3.8, 4) is 0 Å². The molecule has 0 rings (SSSR count). The largest absolute Gasteiger partial charge is 0.472 e. The lowest BCUT2D eigenvalue weighted by Gasteiger charge is -2.19. The van der Waals surface area contributed by atoms with Crippen LogP contribution in [-0.4, -0.2) is 43.3 Å². The topological polar surface area (TPSA) is 108 Å². The van der Waals surface area contributed by atoms with E-state index in [1.54, 1.807) is 0 Å². The summed E-state index contributed by atoms with van der Waals surface area (Å²) in [5.74, 6) is -0.805. The third-order valence-corrected chi connectivity index (χ3v) is 10.4. The molecule has 0 fully saturated rings. The van der Waals surface area contributed by atoms with Crippen LogP contribution < -0.4 is 0 Å². The maximum absolute atomic E-state index is 12.4. The van der Waals surface area contributed by atoms with Gasteiger partial charge >= 0.3 is 19.8 Å². The molecule has 1 N–H and O–H groups in total. The molecule has 0 aromatic heterocycles. The molecule has 302 valence electrons. The van der Waals surface area contributed by atoms with Gasteiger partial charge in [0.15, 0.2) is 6.10 Å². The molecule has 0 aromatic rings. The monoisotopic (exact) mass is 745 g/mol. The minimum absolute atomic E-state index is 0.223. The minimum Gasteiger partial charge on any atom is -0.462 e. The van der Waals surface area contributed by atoms with Gasteiger partial charge in [-0.2, -0.15) is 0 Å². The Hall–Kier alpha value is -1.21. The molecule has 0 aromatic carbocycles. The second-order valence-electron chi connectivity index (χ2n) is 14.5. The van der Waals surface area contributed by atoms with Crippen LogP contribution in [-0.2, 0) is 32.7 Å². The zero-order valence-electron chi connectivity index (χ0n) is 33.5. The van der Waals surface area contributed by atoms with Crippen molar-refractivity contribution in [1.82, 2.24) is 0 Å². The maximum atomic E-state index is 12.4. The van der Waals surface area contributed by atoms with Gasteiger partial charge in [0, 0.05) is 20.0 Å². The molecule has 0 spiro atoms. The van der Waals surface area contributed by atoms with Crippen LogP contribution >= 0.6 is 7.82 Å². The van der Waals surface area contributed by atoms with E-state index in [2.05, 4.69) is 30.5 Å². The second-order valence-corrected chi connectivity index (χ2v) is 16.0. The highest BCUT2D eigenvalue weighted by atomic mass is 31.2. The van der Waals surface area contributed by atoms with Gasteiger partial charge in [0.1, 0.15) is 6.61 Å². The number of carbonyl (C=O) groups excluding carboxylic acids is 2. The van der Waals surface area contributed by atoms with E-state index in [1.807, 2.05) is 0 Å². The van der Waals surface area contributed by atoms with Gasteiger partial charge in [0.05, 0.1) is 6.61 Å². The molecule has 0 amide bonds. The van der Waals surface area contributed by atoms with Gasteiger partial charge in [-0.3, -0.25) is 18.6 Å². The molecule has 0 aliphatic heterocycles. The van der Waals surface area contributed by atoms with E-state index < -0.39 is 26.5 Å². The van der Waals surface area contributed by atoms with Gasteiger partial charge in [-0.05, 0) is 32.1 Å². The van der Waals surface area contributed by atoms with Crippen LogP contribution in [0.25, 0.3) is 0 Å². The van der Waals surface area contributed by atoms with E-state index in [-0.39, 0.29) is 19.0 Å². The first-order valence-electron chi connectivity index (χ1n) is 21.4. The highest BCUT2D eigenvalue weighted by Crippen LogP contribution is 2.42. The molecular formula is C42H81O8P. The molecule has 2 unspecified atom stereocenters. The number of ether oxygens (including phenoxy) is 2. The first kappa shape index (κ1) is 49.8. The smallest absolute Gasteiger partial charge is 0.462 e. The SMILES string of the molecule is CCCC/C=C\CCCCCCCC(=O)OC(COC(=O)CCCCCCCCCCCCCCCCCCCCCCC)COP(=O)(O)OC. The fraction of sp³-hybridized carbons (Fsp3) is 0.905. The molecular weight excluding hydrogens is 663 g/mol. The van der Waals surface area contributed by atoms with Gasteiger partial charge in [-0.15, -0.1) is 0 Å². The van der Waals surface area contributed by atoms with Crippen molar-refractivity contribution in [2.75, 3.05) is 20.3 Å². The second kappa shape index (κ2) is 38.5. The molecule has 0 heterocycles. The maximum Gasteiger partial charge on any atom is 0.472 e. The highest BCUT2D eigenvalue weighted by molar-refractivity contribution is 7.47. The Kier molecular flexibility index (Phi) is 37.6. The number of phosphoric ester groups is 1. The Bertz CT molecular complexity index is 849. The molecule has 9 heteroatoms. The number of rotatable bonds is 40. The fourth-order valence-corrected chi connectivity index (χ4v) is 6.63. The number of esters is 2. The summed E-state index contributed by atoms with van der Waals surface area (Å²) >= 11 is 0. The van der Waals surface area contributed by atoms with Crippen molar-refractivity contribution >= 4 is 19.8 Å². The van der Waals surface area contributed by atoms with E-state index in [4.69, 9.17) is 14.0 Å². The number of unbranched alkanes of at least 4 members (excludes halogenated alkanes) is 27. The summed E-state index contributed by atoms with van der Waals surface area (Å²) in [6, 6.07) is 0. The first-order chi connectivity index (χ1) is 24.8. The van der Waals surface area contributed by atoms with Crippen LogP contribution in [0.2, 0.25) is 0 Å². The average Bonchev–Trinajstić information content (AvgIpc) is 3.12. The van der Waals surface area contributed by atoms with Crippen molar-refractivity contribution < 1.29 is 37.6 Å². The number of phosphoric acid groups is 1. The van der Waals surface area contributed by atoms with E-state index >= 15 is 0 Å². The number of hydrogen-bond acceptors (Lipinski definition) is 7. The third kappa shape index (κ3) is 38.3. The van der Waals surface area contributed by atoms with Crippen molar-refractivity contribution in [3.05, 3.63) is 12.2 Å². The Labute approximate surface area is 314 Å². The van der Waals surface area contributed by atoms with E-state index in [0.717, 1.165) is 64.9 Å². The quantitative estimate of drug-likeness (QED) is 0.0286. The van der Waals surface area contributed by atoms with Crippen LogP contribution in [0, 0.1) is 0 Å². The molecule has 0 aliphatic rings. The zero-order valence-corrected chi connectivity index (χ0v) is 34.4. The Morgan fingerprint density at radius 2 is 0.902 bits per heavy atom. The number of hydrogen-bond donors (Lipinski definition) is 1. The van der Waals surface area contributed by atoms with Gasteiger partial charge < -0.3 is 14.4 Å². The fourth-order valence-electron chi connectivity index (χ4n) is 6.17. The lowest BCUT2D eigenvalue weighted by Crippen LogP contribution is -2.29. The molecule has 0 radical (unpaired) electrons. The van der Waals surface area contributed by atoms with Crippen LogP contribution in [0.5, 0.6) is 0 Å². The molecule has 2 atom stereocenters. The molecule has 0 saturated heterocycles. The average molecular weight is 745 g/mol. The Balaban J connectivity index is 3.88. The molecule has 0 aliphatic carbocycles. The summed E-state index contributed by atoms with van der Waals surface area (Å²) in [6.07, 6.45) is 41.3. The van der Waals surface area contributed by atoms with E-state index in [0.29, 0.717) is 12.8 Å². The Morgan fingerprint density at radius 3 is 1.33 bits per heavy atom. The van der Waals surface area contributed by atoms with Crippen LogP contribution in [0.1, 0.15) is 219 Å². The molecule has 8 nitrogen and oxygen atoms in total. The zero-order chi connectivity index (χ0) is 37.5. The Morgan fingerprint density at radius 1 is 0.529 bits per heavy atom. The first-order valence-corrected chi connectivity index (χ1v) is 22.9. The van der Waals surface area contributed by atoms with Gasteiger partial charge in [0.2, 0.25) is 0 Å². The summed E-state index contributed by atoms with van der Waals surface area (Å²) < 4.78 is 31.9. The lowest BCUT2D eigenvalue weighted by atomic mass is 10.0. The summed E-state index contributed by atoms with van der Waals surface area (Å²) in [7, 11) is -3.19. The minimum atomic E-state index is -4.25. The normalized spacial score (nSPS) is 13.4. The molecule has 51 heavy (non-hydrogen) atoms. The highest BCUT2D eigenvalue weighted by Gasteiger charge is 2.24.